The zero-order chi connectivity index (χ0) is 16.0. The monoisotopic (exact) mass is 309 g/mol. The number of nitrogens with one attached hydrogen (secondary N) is 1. The van der Waals surface area contributed by atoms with Gasteiger partial charge in [0.1, 0.15) is 6.61 Å². The van der Waals surface area contributed by atoms with E-state index in [4.69, 9.17) is 5.11 Å². The van der Waals surface area contributed by atoms with Crippen molar-refractivity contribution in [3.8, 4) is 0 Å². The Bertz CT molecular complexity index is 535. The van der Waals surface area contributed by atoms with Gasteiger partial charge in [0.2, 0.25) is 5.82 Å². The standard InChI is InChI=1S/C10H10F3N3O5/c11-10(12,13)5-21-2-1-14-8-7(16(19)20)3-6(4-15-8)9(17)18/h3-4H,1-2,5H2,(H,14,15)(H,17,18). The van der Waals surface area contributed by atoms with Crippen molar-refractivity contribution in [2.75, 3.05) is 25.1 Å². The quantitative estimate of drug-likeness (QED) is 0.447. The predicted octanol–water partition coefficient (Wildman–Crippen LogP) is 1.68. The third-order valence-corrected chi connectivity index (χ3v) is 2.12. The lowest BCUT2D eigenvalue weighted by molar-refractivity contribution is -0.384. The van der Waals surface area contributed by atoms with E-state index < -0.39 is 29.4 Å². The molecule has 11 heteroatoms. The van der Waals surface area contributed by atoms with Crippen molar-refractivity contribution in [3.63, 3.8) is 0 Å². The Hall–Kier alpha value is -2.43. The molecule has 0 radical (unpaired) electrons. The maximum atomic E-state index is 11.8. The van der Waals surface area contributed by atoms with E-state index in [0.717, 1.165) is 12.3 Å². The molecular formula is C10H10F3N3O5. The molecule has 0 aliphatic heterocycles. The number of carboxylic acids is 1. The zero-order valence-corrected chi connectivity index (χ0v) is 10.4. The molecule has 0 saturated heterocycles. The van der Waals surface area contributed by atoms with E-state index in [1.807, 2.05) is 0 Å². The first kappa shape index (κ1) is 16.6. The Morgan fingerprint density at radius 1 is 1.52 bits per heavy atom. The number of anilines is 1. The smallest absolute Gasteiger partial charge is 0.411 e. The number of pyridine rings is 1. The van der Waals surface area contributed by atoms with Crippen LogP contribution in [-0.4, -0.2) is 46.9 Å². The zero-order valence-electron chi connectivity index (χ0n) is 10.4. The van der Waals surface area contributed by atoms with Gasteiger partial charge in [0, 0.05) is 18.8 Å². The summed E-state index contributed by atoms with van der Waals surface area (Å²) in [5.41, 5.74) is -0.966. The fourth-order valence-corrected chi connectivity index (χ4v) is 1.27. The van der Waals surface area contributed by atoms with E-state index in [9.17, 15) is 28.1 Å². The number of hydrogen-bond donors (Lipinski definition) is 2. The van der Waals surface area contributed by atoms with Gasteiger partial charge in [-0.05, 0) is 0 Å². The number of halogens is 3. The second-order valence-electron chi connectivity index (χ2n) is 3.75. The second kappa shape index (κ2) is 6.83. The number of ether oxygens (including phenoxy) is 1. The molecule has 1 aromatic rings. The minimum Gasteiger partial charge on any atom is -0.478 e. The predicted molar refractivity (Wildman–Crippen MR) is 63.2 cm³/mol. The van der Waals surface area contributed by atoms with E-state index in [1.165, 1.54) is 0 Å². The van der Waals surface area contributed by atoms with Crippen LogP contribution in [0.25, 0.3) is 0 Å². The Balaban J connectivity index is 2.62. The number of aromatic carboxylic acids is 1. The summed E-state index contributed by atoms with van der Waals surface area (Å²) in [5.74, 6) is -1.63. The highest BCUT2D eigenvalue weighted by Crippen LogP contribution is 2.22. The number of nitro groups is 1. The third kappa shape index (κ3) is 5.60. The van der Waals surface area contributed by atoms with Crippen molar-refractivity contribution >= 4 is 17.5 Å². The van der Waals surface area contributed by atoms with Crippen LogP contribution in [0.2, 0.25) is 0 Å². The molecule has 0 aliphatic rings. The first-order valence-corrected chi connectivity index (χ1v) is 5.47. The molecule has 8 nitrogen and oxygen atoms in total. The average molecular weight is 309 g/mol. The van der Waals surface area contributed by atoms with E-state index in [0.29, 0.717) is 0 Å². The van der Waals surface area contributed by atoms with Crippen LogP contribution < -0.4 is 5.32 Å². The largest absolute Gasteiger partial charge is 0.478 e. The van der Waals surface area contributed by atoms with E-state index >= 15 is 0 Å². The van der Waals surface area contributed by atoms with Gasteiger partial charge in [-0.2, -0.15) is 13.2 Å². The minimum absolute atomic E-state index is 0.156. The van der Waals surface area contributed by atoms with E-state index in [1.54, 1.807) is 0 Å². The molecule has 116 valence electrons. The van der Waals surface area contributed by atoms with Gasteiger partial charge in [0.25, 0.3) is 0 Å². The molecule has 0 amide bonds. The first-order chi connectivity index (χ1) is 9.70. The van der Waals surface area contributed by atoms with Crippen molar-refractivity contribution in [2.24, 2.45) is 0 Å². The Morgan fingerprint density at radius 3 is 2.71 bits per heavy atom. The maximum absolute atomic E-state index is 11.8. The fourth-order valence-electron chi connectivity index (χ4n) is 1.27. The van der Waals surface area contributed by atoms with Crippen molar-refractivity contribution in [3.05, 3.63) is 27.9 Å². The molecule has 2 N–H and O–H groups in total. The summed E-state index contributed by atoms with van der Waals surface area (Å²) >= 11 is 0. The van der Waals surface area contributed by atoms with Crippen molar-refractivity contribution in [1.82, 2.24) is 4.98 Å². The Labute approximate surface area is 115 Å². The molecule has 0 atom stereocenters. The summed E-state index contributed by atoms with van der Waals surface area (Å²) in [6.45, 7) is -1.93. The molecule has 0 unspecified atom stereocenters. The van der Waals surface area contributed by atoms with Crippen molar-refractivity contribution in [2.45, 2.75) is 6.18 Å². The lowest BCUT2D eigenvalue weighted by atomic mass is 10.2. The molecule has 0 aliphatic carbocycles. The summed E-state index contributed by atoms with van der Waals surface area (Å²) in [6.07, 6.45) is -3.55. The van der Waals surface area contributed by atoms with Crippen LogP contribution in [-0.2, 0) is 4.74 Å². The summed E-state index contributed by atoms with van der Waals surface area (Å²) in [5, 5.41) is 21.9. The molecule has 0 bridgehead atoms. The molecule has 1 rings (SSSR count). The molecule has 21 heavy (non-hydrogen) atoms. The SMILES string of the molecule is O=C(O)c1cnc(NCCOCC(F)(F)F)c([N+](=O)[O-])c1. The highest BCUT2D eigenvalue weighted by Gasteiger charge is 2.27. The van der Waals surface area contributed by atoms with Gasteiger partial charge in [-0.25, -0.2) is 9.78 Å². The lowest BCUT2D eigenvalue weighted by Crippen LogP contribution is -2.20. The molecule has 0 saturated carbocycles. The lowest BCUT2D eigenvalue weighted by Gasteiger charge is -2.09. The highest BCUT2D eigenvalue weighted by molar-refractivity contribution is 5.88. The van der Waals surface area contributed by atoms with Crippen LogP contribution in [0.4, 0.5) is 24.7 Å². The molecule has 0 spiro atoms. The normalized spacial score (nSPS) is 11.2. The summed E-state index contributed by atoms with van der Waals surface area (Å²) in [7, 11) is 0. The number of rotatable bonds is 7. The second-order valence-corrected chi connectivity index (χ2v) is 3.75. The highest BCUT2D eigenvalue weighted by atomic mass is 19.4. The Morgan fingerprint density at radius 2 is 2.19 bits per heavy atom. The van der Waals surface area contributed by atoms with Crippen LogP contribution in [0.1, 0.15) is 10.4 Å². The summed E-state index contributed by atoms with van der Waals surface area (Å²) in [4.78, 5) is 24.1. The molecule has 0 aromatic carbocycles. The van der Waals surface area contributed by atoms with E-state index in [2.05, 4.69) is 15.0 Å². The fraction of sp³-hybridized carbons (Fsp3) is 0.400. The number of hydrogen-bond acceptors (Lipinski definition) is 6. The van der Waals surface area contributed by atoms with Crippen LogP contribution in [0.3, 0.4) is 0 Å². The van der Waals surface area contributed by atoms with Gasteiger partial charge in [-0.3, -0.25) is 10.1 Å². The number of alkyl halides is 3. The van der Waals surface area contributed by atoms with Gasteiger partial charge >= 0.3 is 17.8 Å². The third-order valence-electron chi connectivity index (χ3n) is 2.12. The van der Waals surface area contributed by atoms with Crippen LogP contribution in [0, 0.1) is 10.1 Å². The molecule has 0 fully saturated rings. The first-order valence-electron chi connectivity index (χ1n) is 5.47. The van der Waals surface area contributed by atoms with Crippen molar-refractivity contribution < 1.29 is 32.7 Å². The van der Waals surface area contributed by atoms with E-state index in [-0.39, 0.29) is 24.5 Å². The summed E-state index contributed by atoms with van der Waals surface area (Å²) < 4.78 is 39.7. The van der Waals surface area contributed by atoms with Gasteiger partial charge in [0.05, 0.1) is 17.1 Å². The molecular weight excluding hydrogens is 299 g/mol. The van der Waals surface area contributed by atoms with Crippen LogP contribution >= 0.6 is 0 Å². The number of carboxylic acid groups (broad SMARTS) is 1. The van der Waals surface area contributed by atoms with Gasteiger partial charge in [0.15, 0.2) is 0 Å². The molecule has 1 heterocycles. The number of carbonyl (C=O) groups is 1. The maximum Gasteiger partial charge on any atom is 0.411 e. The van der Waals surface area contributed by atoms with Gasteiger partial charge < -0.3 is 15.2 Å². The van der Waals surface area contributed by atoms with Gasteiger partial charge in [-0.15, -0.1) is 0 Å². The van der Waals surface area contributed by atoms with Crippen LogP contribution in [0.5, 0.6) is 0 Å². The minimum atomic E-state index is -4.45. The summed E-state index contributed by atoms with van der Waals surface area (Å²) in [6, 6.07) is 0.800. The topological polar surface area (TPSA) is 115 Å². The number of aromatic nitrogens is 1. The Kier molecular flexibility index (Phi) is 5.41. The average Bonchev–Trinajstić information content (AvgIpc) is 2.36. The van der Waals surface area contributed by atoms with Crippen molar-refractivity contribution in [1.29, 1.82) is 0 Å². The van der Waals surface area contributed by atoms with Crippen LogP contribution in [0.15, 0.2) is 12.3 Å². The van der Waals surface area contributed by atoms with Gasteiger partial charge in [-0.1, -0.05) is 0 Å². The number of nitrogens with zero attached hydrogens (tertiary/aromatic N) is 2. The molecule has 1 aromatic heterocycles.